The Morgan fingerprint density at radius 2 is 2.00 bits per heavy atom. The minimum Gasteiger partial charge on any atom is -0.383 e. The number of nitrogens with zero attached hydrogens (tertiary/aromatic N) is 2. The number of hydrogen-bond acceptors (Lipinski definition) is 3. The molecule has 0 aliphatic carbocycles. The van der Waals surface area contributed by atoms with Crippen LogP contribution in [0, 0.1) is 0 Å². The molecule has 1 N–H and O–H groups in total. The molecule has 1 aromatic heterocycles. The molecule has 17 heavy (non-hydrogen) atoms. The summed E-state index contributed by atoms with van der Waals surface area (Å²) < 4.78 is 1.87. The van der Waals surface area contributed by atoms with Gasteiger partial charge in [0.1, 0.15) is 5.60 Å². The third kappa shape index (κ3) is 1.85. The molecule has 0 aromatic carbocycles. The van der Waals surface area contributed by atoms with E-state index in [4.69, 9.17) is 23.4 Å². The van der Waals surface area contributed by atoms with Crippen LogP contribution < -0.4 is 0 Å². The first kappa shape index (κ1) is 11.7. The summed E-state index contributed by atoms with van der Waals surface area (Å²) in [6, 6.07) is 4.02. The van der Waals surface area contributed by atoms with Gasteiger partial charge in [-0.2, -0.15) is 0 Å². The second-order valence-corrected chi connectivity index (χ2v) is 5.80. The van der Waals surface area contributed by atoms with Gasteiger partial charge in [0.15, 0.2) is 0 Å². The zero-order valence-electron chi connectivity index (χ0n) is 9.31. The summed E-state index contributed by atoms with van der Waals surface area (Å²) >= 11 is 12.3. The van der Waals surface area contributed by atoms with E-state index in [1.807, 2.05) is 4.42 Å². The van der Waals surface area contributed by atoms with Crippen molar-refractivity contribution in [2.45, 2.75) is 43.4 Å². The number of piperidine rings is 1. The Hall–Kier alpha value is -0.350. The lowest BCUT2D eigenvalue weighted by molar-refractivity contribution is -0.0371. The van der Waals surface area contributed by atoms with Gasteiger partial charge in [-0.25, -0.2) is 4.42 Å². The van der Waals surface area contributed by atoms with E-state index in [0.29, 0.717) is 23.6 Å². The molecule has 3 nitrogen and oxygen atoms in total. The van der Waals surface area contributed by atoms with Gasteiger partial charge in [-0.3, -0.25) is 4.98 Å². The molecule has 0 spiro atoms. The summed E-state index contributed by atoms with van der Waals surface area (Å²) in [6.07, 6.45) is 4.99. The second kappa shape index (κ2) is 4.09. The smallest absolute Gasteiger partial charge is 0.111 e. The average Bonchev–Trinajstić information content (AvgIpc) is 2.53. The number of aromatic nitrogens is 1. The fourth-order valence-electron chi connectivity index (χ4n) is 3.09. The molecule has 2 aliphatic rings. The number of halogens is 2. The minimum atomic E-state index is -0.921. The first-order valence-corrected chi connectivity index (χ1v) is 6.59. The van der Waals surface area contributed by atoms with Crippen LogP contribution in [0.2, 0.25) is 5.02 Å². The number of fused-ring (bicyclic) bond motifs is 2. The Bertz CT molecular complexity index is 426. The van der Waals surface area contributed by atoms with Crippen molar-refractivity contribution < 1.29 is 5.11 Å². The van der Waals surface area contributed by atoms with E-state index in [2.05, 4.69) is 4.98 Å². The molecule has 5 heteroatoms. The average molecular weight is 273 g/mol. The molecule has 1 aromatic rings. The summed E-state index contributed by atoms with van der Waals surface area (Å²) in [4.78, 5) is 4.25. The van der Waals surface area contributed by atoms with Crippen molar-refractivity contribution in [3.05, 3.63) is 29.0 Å². The van der Waals surface area contributed by atoms with Gasteiger partial charge in [0.05, 0.1) is 10.7 Å². The van der Waals surface area contributed by atoms with Crippen molar-refractivity contribution in [1.29, 1.82) is 0 Å². The van der Waals surface area contributed by atoms with Crippen LogP contribution in [0.1, 0.15) is 31.4 Å². The molecular formula is C12H14Cl2N2O. The van der Waals surface area contributed by atoms with E-state index >= 15 is 0 Å². The van der Waals surface area contributed by atoms with Gasteiger partial charge >= 0.3 is 0 Å². The summed E-state index contributed by atoms with van der Waals surface area (Å²) in [7, 11) is 0. The monoisotopic (exact) mass is 272 g/mol. The Morgan fingerprint density at radius 3 is 2.59 bits per heavy atom. The van der Waals surface area contributed by atoms with Gasteiger partial charge in [0, 0.05) is 18.3 Å². The van der Waals surface area contributed by atoms with Gasteiger partial charge in [0.25, 0.3) is 0 Å². The number of pyridine rings is 1. The van der Waals surface area contributed by atoms with Crippen LogP contribution in [0.4, 0.5) is 0 Å². The molecule has 0 saturated carbocycles. The second-order valence-electron chi connectivity index (χ2n) is 5.00. The van der Waals surface area contributed by atoms with E-state index in [1.54, 1.807) is 18.3 Å². The topological polar surface area (TPSA) is 36.4 Å². The van der Waals surface area contributed by atoms with Gasteiger partial charge < -0.3 is 5.11 Å². The molecule has 0 amide bonds. The Labute approximate surface area is 110 Å². The van der Waals surface area contributed by atoms with E-state index in [0.717, 1.165) is 12.8 Å². The summed E-state index contributed by atoms with van der Waals surface area (Å²) in [5, 5.41) is 11.3. The molecular weight excluding hydrogens is 259 g/mol. The number of aliphatic hydroxyl groups is 1. The molecule has 2 unspecified atom stereocenters. The lowest BCUT2D eigenvalue weighted by atomic mass is 9.84. The predicted octanol–water partition coefficient (Wildman–Crippen LogP) is 2.70. The van der Waals surface area contributed by atoms with Crippen LogP contribution in [0.15, 0.2) is 18.3 Å². The van der Waals surface area contributed by atoms with Crippen molar-refractivity contribution in [2.24, 2.45) is 0 Å². The highest BCUT2D eigenvalue weighted by molar-refractivity contribution is 6.31. The third-order valence-electron chi connectivity index (χ3n) is 3.88. The zero-order valence-corrected chi connectivity index (χ0v) is 10.8. The van der Waals surface area contributed by atoms with Crippen LogP contribution in [-0.2, 0) is 5.60 Å². The van der Waals surface area contributed by atoms with Crippen LogP contribution in [0.25, 0.3) is 0 Å². The molecule has 2 atom stereocenters. The summed E-state index contributed by atoms with van der Waals surface area (Å²) in [5.74, 6) is 0. The maximum Gasteiger partial charge on any atom is 0.111 e. The summed E-state index contributed by atoms with van der Waals surface area (Å²) in [5.41, 5.74) is -0.321. The van der Waals surface area contributed by atoms with Gasteiger partial charge in [-0.15, -0.1) is 0 Å². The molecule has 2 saturated heterocycles. The maximum absolute atomic E-state index is 10.8. The van der Waals surface area contributed by atoms with Crippen molar-refractivity contribution in [3.63, 3.8) is 0 Å². The van der Waals surface area contributed by atoms with Gasteiger partial charge in [0.2, 0.25) is 0 Å². The molecule has 3 rings (SSSR count). The van der Waals surface area contributed by atoms with Crippen molar-refractivity contribution in [1.82, 2.24) is 9.40 Å². The zero-order chi connectivity index (χ0) is 12.0. The van der Waals surface area contributed by atoms with Crippen LogP contribution in [0.3, 0.4) is 0 Å². The standard InChI is InChI=1S/C12H14Cl2N2O/c13-10-2-1-5-15-11(10)12(17)6-8-3-4-9(7-12)16(8)14/h1-2,5,8-9,17H,3-4,6-7H2. The Kier molecular flexibility index (Phi) is 2.82. The molecule has 2 aliphatic heterocycles. The van der Waals surface area contributed by atoms with Crippen LogP contribution in [0.5, 0.6) is 0 Å². The molecule has 2 bridgehead atoms. The van der Waals surface area contributed by atoms with E-state index in [1.165, 1.54) is 0 Å². The predicted molar refractivity (Wildman–Crippen MR) is 66.9 cm³/mol. The van der Waals surface area contributed by atoms with Crippen molar-refractivity contribution in [3.8, 4) is 0 Å². The molecule has 3 heterocycles. The fourth-order valence-corrected chi connectivity index (χ4v) is 3.72. The lowest BCUT2D eigenvalue weighted by Gasteiger charge is -2.40. The fraction of sp³-hybridized carbons (Fsp3) is 0.583. The van der Waals surface area contributed by atoms with E-state index < -0.39 is 5.60 Å². The largest absolute Gasteiger partial charge is 0.383 e. The van der Waals surface area contributed by atoms with Crippen LogP contribution >= 0.6 is 23.4 Å². The number of rotatable bonds is 1. The Balaban J connectivity index is 1.96. The first-order chi connectivity index (χ1) is 8.10. The quantitative estimate of drug-likeness (QED) is 0.799. The Morgan fingerprint density at radius 1 is 1.35 bits per heavy atom. The normalized spacial score (nSPS) is 37.4. The highest BCUT2D eigenvalue weighted by atomic mass is 35.5. The lowest BCUT2D eigenvalue weighted by Crippen LogP contribution is -2.45. The highest BCUT2D eigenvalue weighted by Gasteiger charge is 2.49. The van der Waals surface area contributed by atoms with Gasteiger partial charge in [-0.1, -0.05) is 11.6 Å². The van der Waals surface area contributed by atoms with Crippen LogP contribution in [-0.4, -0.2) is 26.6 Å². The molecule has 2 fully saturated rings. The first-order valence-electron chi connectivity index (χ1n) is 5.88. The third-order valence-corrected chi connectivity index (χ3v) is 4.73. The van der Waals surface area contributed by atoms with E-state index in [9.17, 15) is 5.11 Å². The van der Waals surface area contributed by atoms with Gasteiger partial charge in [-0.05, 0) is 49.6 Å². The maximum atomic E-state index is 10.8. The summed E-state index contributed by atoms with van der Waals surface area (Å²) in [6.45, 7) is 0. The minimum absolute atomic E-state index is 0.235. The molecule has 0 radical (unpaired) electrons. The number of hydrogen-bond donors (Lipinski definition) is 1. The van der Waals surface area contributed by atoms with E-state index in [-0.39, 0.29) is 12.1 Å². The van der Waals surface area contributed by atoms with Crippen molar-refractivity contribution in [2.75, 3.05) is 0 Å². The van der Waals surface area contributed by atoms with Crippen molar-refractivity contribution >= 4 is 23.4 Å². The highest BCUT2D eigenvalue weighted by Crippen LogP contribution is 2.47. The SMILES string of the molecule is OC1(c2ncccc2Cl)CC2CCC(C1)N2Cl. The molecule has 92 valence electrons.